The quantitative estimate of drug-likeness (QED) is 0.643. The zero-order valence-electron chi connectivity index (χ0n) is 15.6. The first-order chi connectivity index (χ1) is 13.6. The van der Waals surface area contributed by atoms with Crippen LogP contribution in [-0.4, -0.2) is 27.0 Å². The maximum absolute atomic E-state index is 13.0. The van der Waals surface area contributed by atoms with E-state index in [0.29, 0.717) is 23.3 Å². The molecule has 0 spiro atoms. The minimum Gasteiger partial charge on any atom is -0.320 e. The molecule has 1 fully saturated rings. The van der Waals surface area contributed by atoms with E-state index in [9.17, 15) is 9.18 Å². The molecule has 4 rings (SSSR count). The van der Waals surface area contributed by atoms with E-state index in [1.54, 1.807) is 0 Å². The van der Waals surface area contributed by atoms with Gasteiger partial charge in [0.2, 0.25) is 5.01 Å². The molecule has 144 valence electrons. The highest BCUT2D eigenvalue weighted by Gasteiger charge is 2.30. The summed E-state index contributed by atoms with van der Waals surface area (Å²) in [5.41, 5.74) is 3.07. The summed E-state index contributed by atoms with van der Waals surface area (Å²) in [5.74, 6) is -0.669. The number of hydrogen-bond donors (Lipinski definition) is 1. The van der Waals surface area contributed by atoms with Gasteiger partial charge in [-0.2, -0.15) is 0 Å². The molecule has 2 aromatic carbocycles. The third-order valence-electron chi connectivity index (χ3n) is 4.63. The van der Waals surface area contributed by atoms with Crippen LogP contribution in [0.25, 0.3) is 0 Å². The molecule has 1 amide bonds. The molecule has 5 nitrogen and oxygen atoms in total. The van der Waals surface area contributed by atoms with Crippen molar-refractivity contribution in [1.29, 1.82) is 0 Å². The number of aromatic nitrogens is 2. The Labute approximate surface area is 167 Å². The van der Waals surface area contributed by atoms with Gasteiger partial charge in [0.1, 0.15) is 10.8 Å². The Hall–Kier alpha value is -2.64. The molecule has 1 N–H and O–H groups in total. The number of nitrogens with one attached hydrogen (secondary N) is 1. The number of halogens is 1. The number of benzene rings is 2. The standard InChI is InChI=1S/C21H21FN4OS/c1-14-3-2-4-15(11-14)12-26(18-9-10-18)13-19-24-25-21(28-19)20(27)23-17-7-5-16(22)6-8-17/h2-8,11,18H,9-10,12-13H2,1H3,(H,23,27). The Balaban J connectivity index is 1.41. The largest absolute Gasteiger partial charge is 0.320 e. The van der Waals surface area contributed by atoms with Gasteiger partial charge in [-0.05, 0) is 49.6 Å². The number of anilines is 1. The lowest BCUT2D eigenvalue weighted by Crippen LogP contribution is -2.25. The average molecular weight is 396 g/mol. The topological polar surface area (TPSA) is 58.1 Å². The van der Waals surface area contributed by atoms with Crippen molar-refractivity contribution in [2.75, 3.05) is 5.32 Å². The number of amides is 1. The van der Waals surface area contributed by atoms with E-state index in [2.05, 4.69) is 51.6 Å². The van der Waals surface area contributed by atoms with E-state index in [1.165, 1.54) is 59.6 Å². The molecule has 0 radical (unpaired) electrons. The normalized spacial score (nSPS) is 13.7. The maximum Gasteiger partial charge on any atom is 0.286 e. The Bertz CT molecular complexity index is 969. The zero-order chi connectivity index (χ0) is 19.5. The fourth-order valence-corrected chi connectivity index (χ4v) is 3.86. The fraction of sp³-hybridized carbons (Fsp3) is 0.286. The van der Waals surface area contributed by atoms with Gasteiger partial charge in [-0.15, -0.1) is 10.2 Å². The van der Waals surface area contributed by atoms with E-state index < -0.39 is 0 Å². The summed E-state index contributed by atoms with van der Waals surface area (Å²) in [6.45, 7) is 3.64. The first-order valence-electron chi connectivity index (χ1n) is 9.26. The number of aryl methyl sites for hydroxylation is 1. The number of hydrogen-bond acceptors (Lipinski definition) is 5. The summed E-state index contributed by atoms with van der Waals surface area (Å²) in [6, 6.07) is 14.7. The third-order valence-corrected chi connectivity index (χ3v) is 5.54. The zero-order valence-corrected chi connectivity index (χ0v) is 16.4. The van der Waals surface area contributed by atoms with Crippen molar-refractivity contribution in [3.63, 3.8) is 0 Å². The van der Waals surface area contributed by atoms with Crippen LogP contribution in [0.4, 0.5) is 10.1 Å². The molecule has 0 unspecified atom stereocenters. The van der Waals surface area contributed by atoms with Crippen LogP contribution < -0.4 is 5.32 Å². The summed E-state index contributed by atoms with van der Waals surface area (Å²) in [7, 11) is 0. The van der Waals surface area contributed by atoms with Crippen LogP contribution in [0.2, 0.25) is 0 Å². The van der Waals surface area contributed by atoms with Gasteiger partial charge in [0.25, 0.3) is 5.91 Å². The SMILES string of the molecule is Cc1cccc(CN(Cc2nnc(C(=O)Nc3ccc(F)cc3)s2)C2CC2)c1. The number of carbonyl (C=O) groups is 1. The molecule has 28 heavy (non-hydrogen) atoms. The van der Waals surface area contributed by atoms with Gasteiger partial charge in [0, 0.05) is 18.3 Å². The summed E-state index contributed by atoms with van der Waals surface area (Å²) < 4.78 is 13.0. The lowest BCUT2D eigenvalue weighted by Gasteiger charge is -2.20. The lowest BCUT2D eigenvalue weighted by atomic mass is 10.1. The van der Waals surface area contributed by atoms with Gasteiger partial charge in [0.05, 0.1) is 6.54 Å². The fourth-order valence-electron chi connectivity index (χ4n) is 3.10. The van der Waals surface area contributed by atoms with Crippen LogP contribution >= 0.6 is 11.3 Å². The van der Waals surface area contributed by atoms with Gasteiger partial charge in [-0.1, -0.05) is 41.2 Å². The van der Waals surface area contributed by atoms with Crippen molar-refractivity contribution in [2.45, 2.75) is 38.9 Å². The molecule has 7 heteroatoms. The molecular weight excluding hydrogens is 375 g/mol. The molecule has 1 aliphatic carbocycles. The van der Waals surface area contributed by atoms with Crippen LogP contribution in [0.15, 0.2) is 48.5 Å². The van der Waals surface area contributed by atoms with E-state index in [0.717, 1.165) is 11.6 Å². The average Bonchev–Trinajstić information content (AvgIpc) is 3.42. The van der Waals surface area contributed by atoms with Crippen molar-refractivity contribution < 1.29 is 9.18 Å². The second-order valence-electron chi connectivity index (χ2n) is 7.09. The van der Waals surface area contributed by atoms with Crippen LogP contribution in [0, 0.1) is 12.7 Å². The van der Waals surface area contributed by atoms with Gasteiger partial charge < -0.3 is 5.32 Å². The molecule has 0 atom stereocenters. The van der Waals surface area contributed by atoms with Crippen molar-refractivity contribution in [2.24, 2.45) is 0 Å². The molecule has 0 aliphatic heterocycles. The highest BCUT2D eigenvalue weighted by Crippen LogP contribution is 2.30. The predicted octanol–water partition coefficient (Wildman–Crippen LogP) is 4.40. The van der Waals surface area contributed by atoms with E-state index in [4.69, 9.17) is 0 Å². The Kier molecular flexibility index (Phi) is 5.45. The molecule has 0 bridgehead atoms. The van der Waals surface area contributed by atoms with Gasteiger partial charge in [-0.25, -0.2) is 4.39 Å². The van der Waals surface area contributed by atoms with Crippen molar-refractivity contribution in [1.82, 2.24) is 15.1 Å². The molecular formula is C21H21FN4OS. The van der Waals surface area contributed by atoms with E-state index in [1.807, 2.05) is 0 Å². The van der Waals surface area contributed by atoms with Crippen molar-refractivity contribution in [3.8, 4) is 0 Å². The lowest BCUT2D eigenvalue weighted by molar-refractivity contribution is 0.102. The first-order valence-corrected chi connectivity index (χ1v) is 10.1. The molecule has 0 saturated heterocycles. The molecule has 1 aromatic heterocycles. The van der Waals surface area contributed by atoms with Crippen molar-refractivity contribution in [3.05, 3.63) is 75.5 Å². The summed E-state index contributed by atoms with van der Waals surface area (Å²) >= 11 is 1.30. The minimum absolute atomic E-state index is 0.311. The monoisotopic (exact) mass is 396 g/mol. The van der Waals surface area contributed by atoms with Crippen LogP contribution in [0.1, 0.15) is 38.8 Å². The highest BCUT2D eigenvalue weighted by molar-refractivity contribution is 7.13. The van der Waals surface area contributed by atoms with Crippen LogP contribution in [0.3, 0.4) is 0 Å². The Morgan fingerprint density at radius 2 is 1.96 bits per heavy atom. The third kappa shape index (κ3) is 4.79. The summed E-state index contributed by atoms with van der Waals surface area (Å²) in [4.78, 5) is 14.8. The van der Waals surface area contributed by atoms with Gasteiger partial charge in [-0.3, -0.25) is 9.69 Å². The van der Waals surface area contributed by atoms with Gasteiger partial charge in [0.15, 0.2) is 0 Å². The number of nitrogens with zero attached hydrogens (tertiary/aromatic N) is 3. The molecule has 1 heterocycles. The smallest absolute Gasteiger partial charge is 0.286 e. The maximum atomic E-state index is 13.0. The van der Waals surface area contributed by atoms with Gasteiger partial charge >= 0.3 is 0 Å². The number of rotatable bonds is 7. The number of carbonyl (C=O) groups excluding carboxylic acids is 1. The molecule has 1 saturated carbocycles. The second-order valence-corrected chi connectivity index (χ2v) is 8.15. The van der Waals surface area contributed by atoms with E-state index in [-0.39, 0.29) is 11.7 Å². The second kappa shape index (κ2) is 8.16. The highest BCUT2D eigenvalue weighted by atomic mass is 32.1. The van der Waals surface area contributed by atoms with Crippen molar-refractivity contribution >= 4 is 22.9 Å². The molecule has 1 aliphatic rings. The first kappa shape index (κ1) is 18.7. The Morgan fingerprint density at radius 3 is 2.68 bits per heavy atom. The summed E-state index contributed by atoms with van der Waals surface area (Å²) in [5, 5.41) is 12.1. The predicted molar refractivity (Wildman–Crippen MR) is 108 cm³/mol. The minimum atomic E-state index is -0.343. The van der Waals surface area contributed by atoms with Crippen LogP contribution in [-0.2, 0) is 13.1 Å². The van der Waals surface area contributed by atoms with Crippen LogP contribution in [0.5, 0.6) is 0 Å². The Morgan fingerprint density at radius 1 is 1.18 bits per heavy atom. The van der Waals surface area contributed by atoms with E-state index >= 15 is 0 Å². The summed E-state index contributed by atoms with van der Waals surface area (Å²) in [6.07, 6.45) is 2.39. The molecule has 3 aromatic rings.